The molecule has 13 heteroatoms. The van der Waals surface area contributed by atoms with Crippen molar-refractivity contribution in [3.8, 4) is 11.5 Å². The summed E-state index contributed by atoms with van der Waals surface area (Å²) in [7, 11) is 2.36. The van der Waals surface area contributed by atoms with Gasteiger partial charge in [0.15, 0.2) is 0 Å². The first kappa shape index (κ1) is 29.3. The largest absolute Gasteiger partial charge is 0.495 e. The second-order valence-corrected chi connectivity index (χ2v) is 11.0. The Morgan fingerprint density at radius 3 is 2.37 bits per heavy atom. The molecule has 2 aromatic carbocycles. The number of ether oxygens (including phenoxy) is 2. The minimum absolute atomic E-state index is 0.0385. The standard InChI is InChI=1S/C28H33BCl2N6O4/c1-29(39)35-20-12-8-7-11-19(20)33-27-32-14-18-16-36(25-23(30)21(40-2)13-22(41-3)24(25)31)28(38)37(26(18)34-27)15-17-9-5-4-6-10-17/h4-6,9-10,13-14,19-20,35,39H,7-8,11-12,15-16H2,1-3H3,(H,32,33,34)/t19-,20+/m1/s1. The number of aromatic nitrogens is 2. The van der Waals surface area contributed by atoms with Crippen LogP contribution in [0.15, 0.2) is 42.6 Å². The summed E-state index contributed by atoms with van der Waals surface area (Å²) in [5.74, 6) is 1.59. The lowest BCUT2D eigenvalue weighted by atomic mass is 9.81. The highest BCUT2D eigenvalue weighted by Gasteiger charge is 2.37. The fraction of sp³-hybridized carbons (Fsp3) is 0.393. The molecular formula is C28H33BCl2N6O4. The molecule has 216 valence electrons. The monoisotopic (exact) mass is 598 g/mol. The number of carbonyl (C=O) groups is 1. The normalized spacial score (nSPS) is 18.6. The van der Waals surface area contributed by atoms with Gasteiger partial charge in [-0.25, -0.2) is 9.78 Å². The lowest BCUT2D eigenvalue weighted by Crippen LogP contribution is -2.51. The minimum Gasteiger partial charge on any atom is -0.495 e. The molecule has 2 aliphatic rings. The summed E-state index contributed by atoms with van der Waals surface area (Å²) in [5, 5.41) is 17.0. The molecule has 3 aromatic rings. The zero-order chi connectivity index (χ0) is 29.1. The van der Waals surface area contributed by atoms with Crippen LogP contribution in [0.4, 0.5) is 22.2 Å². The smallest absolute Gasteiger partial charge is 0.373 e. The fourth-order valence-electron chi connectivity index (χ4n) is 5.46. The Bertz CT molecular complexity index is 1370. The van der Waals surface area contributed by atoms with Gasteiger partial charge >= 0.3 is 13.1 Å². The SMILES string of the molecule is COc1cc(OC)c(Cl)c(N2Cc3cnc(N[C@@H]4CCCC[C@@H]4NB(C)O)nc3N(Cc3ccccc3)C2=O)c1Cl. The Labute approximate surface area is 250 Å². The van der Waals surface area contributed by atoms with E-state index < -0.39 is 7.05 Å². The van der Waals surface area contributed by atoms with Crippen molar-refractivity contribution in [2.24, 2.45) is 0 Å². The van der Waals surface area contributed by atoms with Gasteiger partial charge in [-0.3, -0.25) is 9.80 Å². The highest BCUT2D eigenvalue weighted by Crippen LogP contribution is 2.48. The molecule has 0 spiro atoms. The van der Waals surface area contributed by atoms with Gasteiger partial charge in [0.05, 0.1) is 33.0 Å². The molecule has 2 heterocycles. The van der Waals surface area contributed by atoms with Gasteiger partial charge in [0.1, 0.15) is 27.4 Å². The van der Waals surface area contributed by atoms with Crippen molar-refractivity contribution >= 4 is 53.7 Å². The summed E-state index contributed by atoms with van der Waals surface area (Å²) in [6.07, 6.45) is 5.73. The van der Waals surface area contributed by atoms with Crippen LogP contribution in [0.2, 0.25) is 16.9 Å². The lowest BCUT2D eigenvalue weighted by molar-refractivity contribution is 0.249. The molecule has 41 heavy (non-hydrogen) atoms. The van der Waals surface area contributed by atoms with Gasteiger partial charge in [0.2, 0.25) is 5.95 Å². The van der Waals surface area contributed by atoms with E-state index >= 15 is 0 Å². The average molecular weight is 599 g/mol. The Morgan fingerprint density at radius 2 is 1.73 bits per heavy atom. The maximum absolute atomic E-state index is 14.2. The van der Waals surface area contributed by atoms with Gasteiger partial charge in [-0.05, 0) is 25.2 Å². The number of hydrogen-bond donors (Lipinski definition) is 3. The Hall–Kier alpha value is -3.25. The van der Waals surface area contributed by atoms with E-state index in [0.717, 1.165) is 36.8 Å². The fourth-order valence-corrected chi connectivity index (χ4v) is 6.16. The minimum atomic E-state index is -0.620. The van der Waals surface area contributed by atoms with Crippen LogP contribution in [0.3, 0.4) is 0 Å². The quantitative estimate of drug-likeness (QED) is 0.282. The van der Waals surface area contributed by atoms with E-state index in [0.29, 0.717) is 23.3 Å². The summed E-state index contributed by atoms with van der Waals surface area (Å²) in [6.45, 7) is 2.13. The molecule has 1 saturated carbocycles. The van der Waals surface area contributed by atoms with Gasteiger partial charge < -0.3 is 25.0 Å². The van der Waals surface area contributed by atoms with Crippen molar-refractivity contribution in [1.82, 2.24) is 15.2 Å². The summed E-state index contributed by atoms with van der Waals surface area (Å²) in [6, 6.07) is 11.0. The molecule has 1 fully saturated rings. The van der Waals surface area contributed by atoms with Crippen molar-refractivity contribution in [1.29, 1.82) is 0 Å². The molecule has 2 amide bonds. The van der Waals surface area contributed by atoms with E-state index in [-0.39, 0.29) is 46.9 Å². The summed E-state index contributed by atoms with van der Waals surface area (Å²) < 4.78 is 10.9. The molecule has 0 unspecified atom stereocenters. The number of anilines is 3. The van der Waals surface area contributed by atoms with E-state index in [2.05, 4.69) is 15.5 Å². The van der Waals surface area contributed by atoms with Crippen LogP contribution in [-0.4, -0.2) is 54.4 Å². The van der Waals surface area contributed by atoms with E-state index in [9.17, 15) is 9.82 Å². The molecule has 5 rings (SSSR count). The van der Waals surface area contributed by atoms with Gasteiger partial charge in [-0.1, -0.05) is 66.4 Å². The first-order chi connectivity index (χ1) is 19.8. The number of methoxy groups -OCH3 is 2. The third kappa shape index (κ3) is 6.18. The third-order valence-corrected chi connectivity index (χ3v) is 8.16. The molecule has 10 nitrogen and oxygen atoms in total. The van der Waals surface area contributed by atoms with E-state index in [1.165, 1.54) is 19.1 Å². The maximum Gasteiger partial charge on any atom is 0.373 e. The highest BCUT2D eigenvalue weighted by molar-refractivity contribution is 6.45. The summed E-state index contributed by atoms with van der Waals surface area (Å²) >= 11 is 13.4. The molecule has 1 aliphatic heterocycles. The number of fused-ring (bicyclic) bond motifs is 1. The highest BCUT2D eigenvalue weighted by atomic mass is 35.5. The number of rotatable bonds is 9. The van der Waals surface area contributed by atoms with Crippen LogP contribution in [0.5, 0.6) is 11.5 Å². The second-order valence-electron chi connectivity index (χ2n) is 10.2. The molecule has 3 N–H and O–H groups in total. The number of urea groups is 1. The average Bonchev–Trinajstić information content (AvgIpc) is 2.97. The van der Waals surface area contributed by atoms with Crippen molar-refractivity contribution < 1.29 is 19.3 Å². The van der Waals surface area contributed by atoms with Crippen LogP contribution in [0.25, 0.3) is 0 Å². The van der Waals surface area contributed by atoms with Crippen molar-refractivity contribution in [3.05, 3.63) is 63.8 Å². The third-order valence-electron chi connectivity index (χ3n) is 7.43. The van der Waals surface area contributed by atoms with Crippen LogP contribution in [-0.2, 0) is 13.1 Å². The maximum atomic E-state index is 14.2. The lowest BCUT2D eigenvalue weighted by Gasteiger charge is -2.37. The molecule has 1 aliphatic carbocycles. The van der Waals surface area contributed by atoms with E-state index in [1.807, 2.05) is 30.3 Å². The first-order valence-corrected chi connectivity index (χ1v) is 14.4. The van der Waals surface area contributed by atoms with Gasteiger partial charge in [-0.2, -0.15) is 4.98 Å². The Balaban J connectivity index is 1.54. The Kier molecular flexibility index (Phi) is 9.08. The molecule has 2 atom stereocenters. The van der Waals surface area contributed by atoms with Gasteiger partial charge in [0.25, 0.3) is 0 Å². The van der Waals surface area contributed by atoms with E-state index in [4.69, 9.17) is 37.7 Å². The number of hydrogen-bond acceptors (Lipinski definition) is 8. The van der Waals surface area contributed by atoms with Crippen LogP contribution >= 0.6 is 23.2 Å². The number of amides is 2. The molecule has 1 aromatic heterocycles. The Morgan fingerprint density at radius 1 is 1.07 bits per heavy atom. The topological polar surface area (TPSA) is 112 Å². The number of halogens is 2. The predicted octanol–water partition coefficient (Wildman–Crippen LogP) is 5.37. The van der Waals surface area contributed by atoms with Gasteiger partial charge in [-0.15, -0.1) is 0 Å². The molecular weight excluding hydrogens is 566 g/mol. The first-order valence-electron chi connectivity index (χ1n) is 13.6. The summed E-state index contributed by atoms with van der Waals surface area (Å²) in [4.78, 5) is 26.8. The van der Waals surface area contributed by atoms with Gasteiger partial charge in [0, 0.05) is 29.9 Å². The van der Waals surface area contributed by atoms with E-state index in [1.54, 1.807) is 24.0 Å². The van der Waals surface area contributed by atoms with Crippen LogP contribution in [0, 0.1) is 0 Å². The number of nitrogens with one attached hydrogen (secondary N) is 2. The van der Waals surface area contributed by atoms with Crippen LogP contribution < -0.4 is 29.8 Å². The zero-order valence-corrected chi connectivity index (χ0v) is 24.7. The van der Waals surface area contributed by atoms with Crippen molar-refractivity contribution in [3.63, 3.8) is 0 Å². The van der Waals surface area contributed by atoms with Crippen molar-refractivity contribution in [2.45, 2.75) is 57.7 Å². The van der Waals surface area contributed by atoms with Crippen LogP contribution in [0.1, 0.15) is 36.8 Å². The number of benzene rings is 2. The second kappa shape index (κ2) is 12.7. The predicted molar refractivity (Wildman–Crippen MR) is 162 cm³/mol. The molecule has 0 radical (unpaired) electrons. The summed E-state index contributed by atoms with van der Waals surface area (Å²) in [5.41, 5.74) is 1.94. The van der Waals surface area contributed by atoms with Crippen molar-refractivity contribution in [2.75, 3.05) is 29.3 Å². The number of nitrogens with zero attached hydrogens (tertiary/aromatic N) is 4. The zero-order valence-electron chi connectivity index (χ0n) is 23.2. The number of carbonyl (C=O) groups excluding carboxylic acids is 1. The molecule has 0 bridgehead atoms. The molecule has 0 saturated heterocycles.